The Morgan fingerprint density at radius 1 is 0.579 bits per heavy atom. The Labute approximate surface area is 230 Å². The Balaban J connectivity index is 2.18. The van der Waals surface area contributed by atoms with Crippen molar-refractivity contribution in [3.63, 3.8) is 0 Å². The molecule has 0 saturated heterocycles. The Hall–Kier alpha value is -2.28. The van der Waals surface area contributed by atoms with E-state index in [1.165, 1.54) is 38.5 Å². The molecule has 218 valence electrons. The molecule has 0 amide bonds. The van der Waals surface area contributed by atoms with Gasteiger partial charge in [0.2, 0.25) is 0 Å². The first-order valence-electron chi connectivity index (χ1n) is 14.9. The summed E-state index contributed by atoms with van der Waals surface area (Å²) >= 11 is 0. The van der Waals surface area contributed by atoms with E-state index >= 15 is 0 Å². The van der Waals surface area contributed by atoms with E-state index in [0.29, 0.717) is 69.2 Å². The van der Waals surface area contributed by atoms with Crippen LogP contribution in [0.25, 0.3) is 0 Å². The molecular formula is C31H52O7. The highest BCUT2D eigenvalue weighted by molar-refractivity contribution is 5.69. The van der Waals surface area contributed by atoms with E-state index in [1.807, 2.05) is 0 Å². The third-order valence-electron chi connectivity index (χ3n) is 6.23. The van der Waals surface area contributed by atoms with Crippen LogP contribution >= 0.6 is 0 Å². The lowest BCUT2D eigenvalue weighted by molar-refractivity contribution is -0.144. The van der Waals surface area contributed by atoms with Gasteiger partial charge < -0.3 is 24.1 Å². The van der Waals surface area contributed by atoms with Gasteiger partial charge in [0.25, 0.3) is 0 Å². The van der Waals surface area contributed by atoms with E-state index in [2.05, 4.69) is 13.8 Å². The molecule has 0 atom stereocenters. The molecule has 0 aliphatic rings. The van der Waals surface area contributed by atoms with Crippen molar-refractivity contribution in [3.8, 4) is 11.5 Å². The summed E-state index contributed by atoms with van der Waals surface area (Å²) < 4.78 is 22.2. The fourth-order valence-electron chi connectivity index (χ4n) is 3.94. The predicted octanol–water partition coefficient (Wildman–Crippen LogP) is 7.30. The SMILES string of the molecule is CCCCCCCOC(=O)CCCCOc1cc(CO)cc(OCCCCC(=O)OCCCCCCC)c1. The van der Waals surface area contributed by atoms with Crippen LogP contribution in [0.15, 0.2) is 18.2 Å². The lowest BCUT2D eigenvalue weighted by Gasteiger charge is -2.12. The smallest absolute Gasteiger partial charge is 0.305 e. The summed E-state index contributed by atoms with van der Waals surface area (Å²) in [6.07, 6.45) is 15.1. The van der Waals surface area contributed by atoms with Gasteiger partial charge in [-0.05, 0) is 56.2 Å². The van der Waals surface area contributed by atoms with E-state index in [9.17, 15) is 14.7 Å². The lowest BCUT2D eigenvalue weighted by atomic mass is 10.2. The molecule has 1 N–H and O–H groups in total. The number of aliphatic hydroxyl groups is 1. The van der Waals surface area contributed by atoms with Crippen molar-refractivity contribution in [3.05, 3.63) is 23.8 Å². The molecule has 0 aliphatic carbocycles. The fourth-order valence-corrected chi connectivity index (χ4v) is 3.94. The molecule has 0 aromatic heterocycles. The zero-order valence-corrected chi connectivity index (χ0v) is 24.0. The van der Waals surface area contributed by atoms with Gasteiger partial charge in [-0.1, -0.05) is 65.2 Å². The molecule has 0 heterocycles. The standard InChI is InChI=1S/C31H52O7/c1-3-5-7-9-13-21-37-30(33)17-11-15-19-35-28-23-27(26-32)24-29(25-28)36-20-16-12-18-31(34)38-22-14-10-8-6-4-2/h23-25,32H,3-22,26H2,1-2H3. The van der Waals surface area contributed by atoms with E-state index in [1.54, 1.807) is 18.2 Å². The molecule has 0 spiro atoms. The molecule has 7 nitrogen and oxygen atoms in total. The average Bonchev–Trinajstić information content (AvgIpc) is 2.92. The van der Waals surface area contributed by atoms with Gasteiger partial charge in [-0.2, -0.15) is 0 Å². The van der Waals surface area contributed by atoms with Gasteiger partial charge in [-0.3, -0.25) is 9.59 Å². The van der Waals surface area contributed by atoms with Crippen LogP contribution in [-0.4, -0.2) is 43.5 Å². The summed E-state index contributed by atoms with van der Waals surface area (Å²) in [5.41, 5.74) is 0.711. The molecule has 1 aromatic rings. The highest BCUT2D eigenvalue weighted by Gasteiger charge is 2.07. The van der Waals surface area contributed by atoms with Crippen LogP contribution in [-0.2, 0) is 25.7 Å². The van der Waals surface area contributed by atoms with Gasteiger partial charge in [0.15, 0.2) is 0 Å². The maximum atomic E-state index is 11.8. The van der Waals surface area contributed by atoms with Crippen molar-refractivity contribution in [1.29, 1.82) is 0 Å². The van der Waals surface area contributed by atoms with Crippen LogP contribution in [0.4, 0.5) is 0 Å². The molecule has 7 heteroatoms. The van der Waals surface area contributed by atoms with E-state index in [-0.39, 0.29) is 18.5 Å². The molecule has 38 heavy (non-hydrogen) atoms. The number of carbonyl (C=O) groups is 2. The summed E-state index contributed by atoms with van der Waals surface area (Å²) in [6.45, 7) is 6.22. The molecular weight excluding hydrogens is 484 g/mol. The number of benzene rings is 1. The Morgan fingerprint density at radius 2 is 1.00 bits per heavy atom. The Kier molecular flexibility index (Phi) is 21.1. The first-order valence-corrected chi connectivity index (χ1v) is 14.9. The number of carbonyl (C=O) groups excluding carboxylic acids is 2. The van der Waals surface area contributed by atoms with Gasteiger partial charge in [0.05, 0.1) is 33.0 Å². The molecule has 0 fully saturated rings. The normalized spacial score (nSPS) is 10.8. The van der Waals surface area contributed by atoms with E-state index in [4.69, 9.17) is 18.9 Å². The maximum Gasteiger partial charge on any atom is 0.305 e. The third kappa shape index (κ3) is 18.9. The number of hydrogen-bond acceptors (Lipinski definition) is 7. The minimum atomic E-state index is -0.144. The zero-order valence-electron chi connectivity index (χ0n) is 24.0. The Morgan fingerprint density at radius 3 is 1.42 bits per heavy atom. The van der Waals surface area contributed by atoms with E-state index < -0.39 is 0 Å². The Bertz CT molecular complexity index is 679. The zero-order chi connectivity index (χ0) is 27.7. The van der Waals surface area contributed by atoms with Crippen molar-refractivity contribution in [2.75, 3.05) is 26.4 Å². The summed E-state index contributed by atoms with van der Waals surface area (Å²) in [5, 5.41) is 9.58. The first kappa shape index (κ1) is 33.7. The van der Waals surface area contributed by atoms with Gasteiger partial charge in [0, 0.05) is 18.9 Å². The second kappa shape index (κ2) is 23.8. The number of hydrogen-bond donors (Lipinski definition) is 1. The maximum absolute atomic E-state index is 11.8. The summed E-state index contributed by atoms with van der Waals surface area (Å²) in [7, 11) is 0. The molecule has 0 radical (unpaired) electrons. The monoisotopic (exact) mass is 536 g/mol. The quantitative estimate of drug-likeness (QED) is 0.103. The van der Waals surface area contributed by atoms with Crippen LogP contribution in [0.5, 0.6) is 11.5 Å². The number of ether oxygens (including phenoxy) is 4. The average molecular weight is 537 g/mol. The van der Waals surface area contributed by atoms with Crippen molar-refractivity contribution in [2.45, 2.75) is 123 Å². The van der Waals surface area contributed by atoms with Crippen LogP contribution in [0.2, 0.25) is 0 Å². The van der Waals surface area contributed by atoms with Crippen molar-refractivity contribution in [1.82, 2.24) is 0 Å². The van der Waals surface area contributed by atoms with Crippen molar-refractivity contribution >= 4 is 11.9 Å². The van der Waals surface area contributed by atoms with Crippen LogP contribution in [0.1, 0.15) is 122 Å². The minimum absolute atomic E-state index is 0.109. The predicted molar refractivity (Wildman–Crippen MR) is 150 cm³/mol. The summed E-state index contributed by atoms with van der Waals surface area (Å²) in [4.78, 5) is 23.7. The van der Waals surface area contributed by atoms with Crippen molar-refractivity contribution < 1.29 is 33.6 Å². The molecule has 0 saturated carbocycles. The van der Waals surface area contributed by atoms with Gasteiger partial charge in [-0.25, -0.2) is 0 Å². The van der Waals surface area contributed by atoms with E-state index in [0.717, 1.165) is 38.5 Å². The molecule has 0 unspecified atom stereocenters. The highest BCUT2D eigenvalue weighted by Crippen LogP contribution is 2.24. The number of esters is 2. The van der Waals surface area contributed by atoms with Gasteiger partial charge >= 0.3 is 11.9 Å². The van der Waals surface area contributed by atoms with Crippen LogP contribution < -0.4 is 9.47 Å². The minimum Gasteiger partial charge on any atom is -0.493 e. The molecule has 0 bridgehead atoms. The van der Waals surface area contributed by atoms with Gasteiger partial charge in [-0.15, -0.1) is 0 Å². The molecule has 1 aromatic carbocycles. The summed E-state index contributed by atoms with van der Waals surface area (Å²) in [6, 6.07) is 5.38. The fraction of sp³-hybridized carbons (Fsp3) is 0.742. The molecule has 1 rings (SSSR count). The highest BCUT2D eigenvalue weighted by atomic mass is 16.5. The third-order valence-corrected chi connectivity index (χ3v) is 6.23. The number of aliphatic hydroxyl groups excluding tert-OH is 1. The second-order valence-electron chi connectivity index (χ2n) is 9.85. The largest absolute Gasteiger partial charge is 0.493 e. The lowest BCUT2D eigenvalue weighted by Crippen LogP contribution is -2.07. The number of rotatable bonds is 25. The molecule has 0 aliphatic heterocycles. The number of unbranched alkanes of at least 4 members (excludes halogenated alkanes) is 10. The van der Waals surface area contributed by atoms with Gasteiger partial charge in [0.1, 0.15) is 11.5 Å². The topological polar surface area (TPSA) is 91.3 Å². The van der Waals surface area contributed by atoms with Crippen LogP contribution in [0, 0.1) is 0 Å². The summed E-state index contributed by atoms with van der Waals surface area (Å²) in [5.74, 6) is 0.968. The van der Waals surface area contributed by atoms with Crippen molar-refractivity contribution in [2.24, 2.45) is 0 Å². The second-order valence-corrected chi connectivity index (χ2v) is 9.85. The first-order chi connectivity index (χ1) is 18.6. The van der Waals surface area contributed by atoms with Crippen LogP contribution in [0.3, 0.4) is 0 Å².